The maximum absolute atomic E-state index is 12.2. The summed E-state index contributed by atoms with van der Waals surface area (Å²) in [5, 5.41) is 0.536. The second-order valence-electron chi connectivity index (χ2n) is 4.52. The molecule has 1 aliphatic rings. The van der Waals surface area contributed by atoms with Gasteiger partial charge >= 0.3 is 5.91 Å². The fourth-order valence-electron chi connectivity index (χ4n) is 2.29. The van der Waals surface area contributed by atoms with Crippen molar-refractivity contribution in [2.75, 3.05) is 12.0 Å². The molecule has 1 amide bonds. The Balaban J connectivity index is 2.05. The molecule has 0 N–H and O–H groups in total. The van der Waals surface area contributed by atoms with Gasteiger partial charge in [0.05, 0.1) is 13.7 Å². The van der Waals surface area contributed by atoms with E-state index < -0.39 is 11.7 Å². The number of ether oxygens (including phenoxy) is 1. The van der Waals surface area contributed by atoms with Gasteiger partial charge in [0.15, 0.2) is 5.82 Å². The molecule has 0 saturated heterocycles. The average molecular weight is 303 g/mol. The molecule has 0 bridgehead atoms. The van der Waals surface area contributed by atoms with Crippen LogP contribution in [0.15, 0.2) is 36.5 Å². The fourth-order valence-corrected chi connectivity index (χ4v) is 2.49. The zero-order valence-corrected chi connectivity index (χ0v) is 11.9. The summed E-state index contributed by atoms with van der Waals surface area (Å²) in [6, 6.07) is 8.72. The number of carbonyl (C=O) groups is 2. The highest BCUT2D eigenvalue weighted by molar-refractivity contribution is 6.52. The first-order chi connectivity index (χ1) is 10.1. The Morgan fingerprint density at radius 2 is 2.00 bits per heavy atom. The molecule has 106 valence electrons. The van der Waals surface area contributed by atoms with Crippen LogP contribution in [0, 0.1) is 0 Å². The highest BCUT2D eigenvalue weighted by Gasteiger charge is 2.39. The SMILES string of the molecule is COc1ccnc2c1C(=O)C(=O)N2Cc1ccccc1Cl. The first kappa shape index (κ1) is 13.6. The molecule has 6 heteroatoms. The molecule has 2 heterocycles. The molecule has 0 atom stereocenters. The van der Waals surface area contributed by atoms with E-state index in [0.29, 0.717) is 16.6 Å². The molecule has 0 aliphatic carbocycles. The van der Waals surface area contributed by atoms with Crippen molar-refractivity contribution < 1.29 is 14.3 Å². The fraction of sp³-hybridized carbons (Fsp3) is 0.133. The Morgan fingerprint density at radius 3 is 2.71 bits per heavy atom. The number of pyridine rings is 1. The van der Waals surface area contributed by atoms with Crippen molar-refractivity contribution in [2.45, 2.75) is 6.54 Å². The molecule has 5 nitrogen and oxygen atoms in total. The molecule has 0 fully saturated rings. The number of hydrogen-bond acceptors (Lipinski definition) is 4. The van der Waals surface area contributed by atoms with Gasteiger partial charge in [0.25, 0.3) is 5.78 Å². The summed E-state index contributed by atoms with van der Waals surface area (Å²) in [5.74, 6) is -0.576. The van der Waals surface area contributed by atoms with Crippen LogP contribution < -0.4 is 9.64 Å². The lowest BCUT2D eigenvalue weighted by Gasteiger charge is -2.16. The van der Waals surface area contributed by atoms with E-state index in [1.807, 2.05) is 6.07 Å². The smallest absolute Gasteiger partial charge is 0.301 e. The molecular weight excluding hydrogens is 292 g/mol. The number of methoxy groups -OCH3 is 1. The van der Waals surface area contributed by atoms with Crippen LogP contribution in [0.3, 0.4) is 0 Å². The van der Waals surface area contributed by atoms with Crippen LogP contribution in [-0.4, -0.2) is 23.8 Å². The predicted octanol–water partition coefficient (Wildman–Crippen LogP) is 2.47. The third-order valence-electron chi connectivity index (χ3n) is 3.32. The number of halogens is 1. The molecule has 0 spiro atoms. The third-order valence-corrected chi connectivity index (χ3v) is 3.69. The standard InChI is InChI=1S/C15H11ClN2O3/c1-21-11-6-7-17-14-12(11)13(19)15(20)18(14)8-9-4-2-3-5-10(9)16/h2-7H,8H2,1H3. The first-order valence-corrected chi connectivity index (χ1v) is 6.64. The Hall–Kier alpha value is -2.40. The molecule has 1 aromatic carbocycles. The number of anilines is 1. The van der Waals surface area contributed by atoms with Gasteiger partial charge in [-0.2, -0.15) is 0 Å². The number of hydrogen-bond donors (Lipinski definition) is 0. The monoisotopic (exact) mass is 302 g/mol. The van der Waals surface area contributed by atoms with Crippen molar-refractivity contribution in [3.63, 3.8) is 0 Å². The number of nitrogens with zero attached hydrogens (tertiary/aromatic N) is 2. The van der Waals surface area contributed by atoms with Gasteiger partial charge in [-0.05, 0) is 17.7 Å². The zero-order valence-electron chi connectivity index (χ0n) is 11.2. The number of amides is 1. The van der Waals surface area contributed by atoms with Gasteiger partial charge in [-0.15, -0.1) is 0 Å². The molecule has 1 aliphatic heterocycles. The maximum atomic E-state index is 12.2. The van der Waals surface area contributed by atoms with Gasteiger partial charge in [-0.25, -0.2) is 4.98 Å². The van der Waals surface area contributed by atoms with E-state index in [2.05, 4.69) is 4.98 Å². The highest BCUT2D eigenvalue weighted by atomic mass is 35.5. The van der Waals surface area contributed by atoms with Crippen LogP contribution in [-0.2, 0) is 11.3 Å². The highest BCUT2D eigenvalue weighted by Crippen LogP contribution is 2.35. The number of fused-ring (bicyclic) bond motifs is 1. The molecule has 3 rings (SSSR count). The molecular formula is C15H11ClN2O3. The normalized spacial score (nSPS) is 13.5. The Labute approximate surface area is 126 Å². The van der Waals surface area contributed by atoms with E-state index in [9.17, 15) is 9.59 Å². The van der Waals surface area contributed by atoms with Gasteiger partial charge in [0.1, 0.15) is 11.3 Å². The number of aromatic nitrogens is 1. The van der Waals surface area contributed by atoms with Gasteiger partial charge in [0.2, 0.25) is 0 Å². The zero-order chi connectivity index (χ0) is 15.0. The minimum absolute atomic E-state index is 0.192. The number of Topliss-reactive ketones (excluding diaryl/α,β-unsaturated/α-hetero) is 1. The lowest BCUT2D eigenvalue weighted by atomic mass is 10.2. The van der Waals surface area contributed by atoms with E-state index in [4.69, 9.17) is 16.3 Å². The van der Waals surface area contributed by atoms with Crippen LogP contribution in [0.2, 0.25) is 5.02 Å². The minimum Gasteiger partial charge on any atom is -0.496 e. The summed E-state index contributed by atoms with van der Waals surface area (Å²) in [5.41, 5.74) is 0.954. The first-order valence-electron chi connectivity index (χ1n) is 6.26. The summed E-state index contributed by atoms with van der Waals surface area (Å²) in [4.78, 5) is 29.8. The van der Waals surface area contributed by atoms with Crippen LogP contribution in [0.25, 0.3) is 0 Å². The Kier molecular flexibility index (Phi) is 3.35. The maximum Gasteiger partial charge on any atom is 0.301 e. The van der Waals surface area contributed by atoms with Gasteiger partial charge in [-0.3, -0.25) is 14.5 Å². The summed E-state index contributed by atoms with van der Waals surface area (Å²) in [6.45, 7) is 0.192. The number of ketones is 1. The predicted molar refractivity (Wildman–Crippen MR) is 77.8 cm³/mol. The molecule has 0 radical (unpaired) electrons. The number of benzene rings is 1. The van der Waals surface area contributed by atoms with Crippen LogP contribution in [0.4, 0.5) is 5.82 Å². The van der Waals surface area contributed by atoms with E-state index >= 15 is 0 Å². The lowest BCUT2D eigenvalue weighted by molar-refractivity contribution is -0.114. The van der Waals surface area contributed by atoms with Crippen molar-refractivity contribution in [1.82, 2.24) is 4.98 Å². The van der Waals surface area contributed by atoms with E-state index in [0.717, 1.165) is 5.56 Å². The minimum atomic E-state index is -0.623. The molecule has 0 saturated carbocycles. The largest absolute Gasteiger partial charge is 0.496 e. The summed E-state index contributed by atoms with van der Waals surface area (Å²) >= 11 is 6.10. The van der Waals surface area contributed by atoms with Crippen molar-refractivity contribution >= 4 is 29.1 Å². The molecule has 1 aromatic heterocycles. The van der Waals surface area contributed by atoms with E-state index in [1.54, 1.807) is 24.3 Å². The summed E-state index contributed by atoms with van der Waals surface area (Å²) < 4.78 is 5.13. The second kappa shape index (κ2) is 5.18. The van der Waals surface area contributed by atoms with Crippen LogP contribution >= 0.6 is 11.6 Å². The third kappa shape index (κ3) is 2.15. The Morgan fingerprint density at radius 1 is 1.24 bits per heavy atom. The summed E-state index contributed by atoms with van der Waals surface area (Å²) in [6.07, 6.45) is 1.50. The average Bonchev–Trinajstić information content (AvgIpc) is 2.74. The van der Waals surface area contributed by atoms with Crippen molar-refractivity contribution in [2.24, 2.45) is 0 Å². The second-order valence-corrected chi connectivity index (χ2v) is 4.93. The quantitative estimate of drug-likeness (QED) is 0.817. The number of carbonyl (C=O) groups excluding carboxylic acids is 2. The van der Waals surface area contributed by atoms with Gasteiger partial charge < -0.3 is 4.74 Å². The van der Waals surface area contributed by atoms with Crippen LogP contribution in [0.1, 0.15) is 15.9 Å². The van der Waals surface area contributed by atoms with Crippen LogP contribution in [0.5, 0.6) is 5.75 Å². The molecule has 2 aromatic rings. The van der Waals surface area contributed by atoms with Gasteiger partial charge in [-0.1, -0.05) is 29.8 Å². The van der Waals surface area contributed by atoms with E-state index in [-0.39, 0.29) is 12.1 Å². The lowest BCUT2D eigenvalue weighted by Crippen LogP contribution is -2.29. The topological polar surface area (TPSA) is 59.5 Å². The number of rotatable bonds is 3. The molecule has 21 heavy (non-hydrogen) atoms. The van der Waals surface area contributed by atoms with Crippen molar-refractivity contribution in [3.8, 4) is 5.75 Å². The molecule has 0 unspecified atom stereocenters. The summed E-state index contributed by atoms with van der Waals surface area (Å²) in [7, 11) is 1.45. The van der Waals surface area contributed by atoms with Gasteiger partial charge in [0, 0.05) is 11.2 Å². The van der Waals surface area contributed by atoms with E-state index in [1.165, 1.54) is 18.2 Å². The van der Waals surface area contributed by atoms with Crippen molar-refractivity contribution in [1.29, 1.82) is 0 Å². The Bertz CT molecular complexity index is 745. The van der Waals surface area contributed by atoms with Crippen molar-refractivity contribution in [3.05, 3.63) is 52.7 Å².